The Kier molecular flexibility index (Phi) is 7.97. The molecule has 1 aromatic carbocycles. The molecule has 0 spiro atoms. The molecule has 0 aliphatic carbocycles. The van der Waals surface area contributed by atoms with Crippen molar-refractivity contribution in [3.63, 3.8) is 0 Å². The highest BCUT2D eigenvalue weighted by atomic mass is 79.9. The Labute approximate surface area is 175 Å². The van der Waals surface area contributed by atoms with E-state index in [0.29, 0.717) is 12.4 Å². The van der Waals surface area contributed by atoms with Crippen LogP contribution in [0.25, 0.3) is 0 Å². The highest BCUT2D eigenvalue weighted by molar-refractivity contribution is 9.10. The molecule has 0 saturated carbocycles. The van der Waals surface area contributed by atoms with E-state index in [1.54, 1.807) is 12.3 Å². The molecule has 0 bridgehead atoms. The van der Waals surface area contributed by atoms with Crippen molar-refractivity contribution < 1.29 is 9.53 Å². The zero-order chi connectivity index (χ0) is 19.8. The number of rotatable bonds is 8. The van der Waals surface area contributed by atoms with Crippen LogP contribution in [0, 0.1) is 0 Å². The number of amides is 1. The fourth-order valence-electron chi connectivity index (χ4n) is 3.27. The van der Waals surface area contributed by atoms with Gasteiger partial charge in [0, 0.05) is 42.9 Å². The molecule has 2 aromatic rings. The first-order valence-corrected chi connectivity index (χ1v) is 10.4. The first kappa shape index (κ1) is 20.9. The molecule has 1 amide bonds. The van der Waals surface area contributed by atoms with Gasteiger partial charge in [0.1, 0.15) is 5.82 Å². The van der Waals surface area contributed by atoms with Gasteiger partial charge in [-0.1, -0.05) is 30.3 Å². The van der Waals surface area contributed by atoms with Gasteiger partial charge in [-0.3, -0.25) is 14.6 Å². The number of nitrogens with one attached hydrogen (secondary N) is 1. The van der Waals surface area contributed by atoms with Crippen LogP contribution in [-0.4, -0.2) is 66.1 Å². The maximum absolute atomic E-state index is 12.7. The fraction of sp³-hybridized carbons (Fsp3) is 0.429. The van der Waals surface area contributed by atoms with Gasteiger partial charge >= 0.3 is 0 Å². The van der Waals surface area contributed by atoms with Crippen LogP contribution < -0.4 is 5.32 Å². The van der Waals surface area contributed by atoms with Gasteiger partial charge in [0.2, 0.25) is 5.91 Å². The third kappa shape index (κ3) is 6.67. The smallest absolute Gasteiger partial charge is 0.239 e. The van der Waals surface area contributed by atoms with E-state index in [1.807, 2.05) is 24.3 Å². The maximum atomic E-state index is 12.7. The lowest BCUT2D eigenvalue weighted by atomic mass is 10.1. The van der Waals surface area contributed by atoms with Crippen molar-refractivity contribution in [3.8, 4) is 0 Å². The van der Waals surface area contributed by atoms with Gasteiger partial charge in [0.05, 0.1) is 19.8 Å². The summed E-state index contributed by atoms with van der Waals surface area (Å²) < 4.78 is 6.33. The van der Waals surface area contributed by atoms with Gasteiger partial charge in [-0.15, -0.1) is 0 Å². The monoisotopic (exact) mass is 446 g/mol. The Morgan fingerprint density at radius 2 is 2.00 bits per heavy atom. The summed E-state index contributed by atoms with van der Waals surface area (Å²) in [5.74, 6) is 0.508. The number of morpholine rings is 1. The number of hydrogen-bond acceptors (Lipinski definition) is 5. The number of ether oxygens (including phenoxy) is 1. The second kappa shape index (κ2) is 10.7. The van der Waals surface area contributed by atoms with Crippen molar-refractivity contribution in [1.82, 2.24) is 14.8 Å². The van der Waals surface area contributed by atoms with Crippen LogP contribution in [0.15, 0.2) is 53.1 Å². The van der Waals surface area contributed by atoms with Crippen molar-refractivity contribution in [2.24, 2.45) is 0 Å². The largest absolute Gasteiger partial charge is 0.379 e. The summed E-state index contributed by atoms with van der Waals surface area (Å²) in [6.07, 6.45) is 1.68. The number of aromatic nitrogens is 1. The summed E-state index contributed by atoms with van der Waals surface area (Å²) in [6.45, 7) is 7.59. The van der Waals surface area contributed by atoms with Crippen LogP contribution in [0.2, 0.25) is 0 Å². The lowest BCUT2D eigenvalue weighted by Gasteiger charge is -2.34. The number of anilines is 1. The molecular formula is C21H27BrN4O2. The van der Waals surface area contributed by atoms with Crippen LogP contribution in [0.3, 0.4) is 0 Å². The molecule has 28 heavy (non-hydrogen) atoms. The number of halogens is 1. The van der Waals surface area contributed by atoms with Crippen LogP contribution in [-0.2, 0) is 16.1 Å². The van der Waals surface area contributed by atoms with Crippen LogP contribution in [0.4, 0.5) is 5.82 Å². The Morgan fingerprint density at radius 1 is 1.25 bits per heavy atom. The van der Waals surface area contributed by atoms with Crippen molar-refractivity contribution >= 4 is 27.7 Å². The second-order valence-corrected chi connectivity index (χ2v) is 7.98. The fourth-order valence-corrected chi connectivity index (χ4v) is 3.51. The first-order valence-electron chi connectivity index (χ1n) is 9.59. The molecule has 150 valence electrons. The molecule has 6 nitrogen and oxygen atoms in total. The lowest BCUT2D eigenvalue weighted by molar-refractivity contribution is -0.118. The summed E-state index contributed by atoms with van der Waals surface area (Å²) in [5.41, 5.74) is 1.20. The minimum Gasteiger partial charge on any atom is -0.379 e. The summed E-state index contributed by atoms with van der Waals surface area (Å²) in [6, 6.07) is 14.2. The van der Waals surface area contributed by atoms with Gasteiger partial charge in [0.25, 0.3) is 0 Å². The Morgan fingerprint density at radius 3 is 2.68 bits per heavy atom. The molecule has 1 aliphatic rings. The zero-order valence-corrected chi connectivity index (χ0v) is 17.8. The van der Waals surface area contributed by atoms with Crippen LogP contribution in [0.5, 0.6) is 0 Å². The van der Waals surface area contributed by atoms with Gasteiger partial charge < -0.3 is 10.1 Å². The average Bonchev–Trinajstić information content (AvgIpc) is 2.71. The summed E-state index contributed by atoms with van der Waals surface area (Å²) >= 11 is 3.36. The average molecular weight is 447 g/mol. The minimum atomic E-state index is -0.0559. The lowest BCUT2D eigenvalue weighted by Crippen LogP contribution is -2.47. The van der Waals surface area contributed by atoms with E-state index in [1.165, 1.54) is 5.56 Å². The van der Waals surface area contributed by atoms with Gasteiger partial charge in [0.15, 0.2) is 0 Å². The molecule has 0 radical (unpaired) electrons. The number of hydrogen-bond donors (Lipinski definition) is 1. The number of benzene rings is 1. The van der Waals surface area contributed by atoms with Gasteiger partial charge in [-0.05, 0) is 40.5 Å². The second-order valence-electron chi connectivity index (χ2n) is 7.06. The van der Waals surface area contributed by atoms with Gasteiger partial charge in [-0.25, -0.2) is 4.98 Å². The minimum absolute atomic E-state index is 0.0559. The third-order valence-electron chi connectivity index (χ3n) is 4.82. The summed E-state index contributed by atoms with van der Waals surface area (Å²) in [5, 5.41) is 2.90. The number of carbonyl (C=O) groups is 1. The Balaban J connectivity index is 1.63. The first-order chi connectivity index (χ1) is 13.6. The van der Waals surface area contributed by atoms with Crippen LogP contribution >= 0.6 is 15.9 Å². The summed E-state index contributed by atoms with van der Waals surface area (Å²) in [4.78, 5) is 21.5. The van der Waals surface area contributed by atoms with E-state index >= 15 is 0 Å². The van der Waals surface area contributed by atoms with E-state index in [-0.39, 0.29) is 11.9 Å². The number of pyridine rings is 1. The van der Waals surface area contributed by atoms with E-state index in [4.69, 9.17) is 4.74 Å². The van der Waals surface area contributed by atoms with Crippen molar-refractivity contribution in [2.75, 3.05) is 44.7 Å². The SMILES string of the molecule is CC(CN1CCOCC1)N(CC(=O)Nc1ccc(Br)cn1)Cc1ccccc1. The van der Waals surface area contributed by atoms with Crippen molar-refractivity contribution in [2.45, 2.75) is 19.5 Å². The molecule has 1 aromatic heterocycles. The molecule has 1 N–H and O–H groups in total. The highest BCUT2D eigenvalue weighted by Gasteiger charge is 2.21. The number of carbonyl (C=O) groups excluding carboxylic acids is 1. The predicted molar refractivity (Wildman–Crippen MR) is 114 cm³/mol. The van der Waals surface area contributed by atoms with Crippen molar-refractivity contribution in [1.29, 1.82) is 0 Å². The molecule has 1 atom stereocenters. The Hall–Kier alpha value is -1.80. The molecule has 7 heteroatoms. The van der Waals surface area contributed by atoms with Crippen LogP contribution in [0.1, 0.15) is 12.5 Å². The zero-order valence-electron chi connectivity index (χ0n) is 16.2. The molecule has 1 aliphatic heterocycles. The number of nitrogens with zero attached hydrogens (tertiary/aromatic N) is 3. The molecule has 3 rings (SSSR count). The standard InChI is InChI=1S/C21H27BrN4O2/c1-17(14-25-9-11-28-12-10-25)26(15-18-5-3-2-4-6-18)16-21(27)24-20-8-7-19(22)13-23-20/h2-8,13,17H,9-12,14-16H2,1H3,(H,23,24,27). The molecule has 1 fully saturated rings. The summed E-state index contributed by atoms with van der Waals surface area (Å²) in [7, 11) is 0. The quantitative estimate of drug-likeness (QED) is 0.675. The highest BCUT2D eigenvalue weighted by Crippen LogP contribution is 2.13. The van der Waals surface area contributed by atoms with E-state index in [9.17, 15) is 4.79 Å². The van der Waals surface area contributed by atoms with E-state index in [0.717, 1.165) is 43.9 Å². The molecular weight excluding hydrogens is 420 g/mol. The molecule has 1 unspecified atom stereocenters. The Bertz CT molecular complexity index is 736. The van der Waals surface area contributed by atoms with E-state index in [2.05, 4.69) is 55.1 Å². The van der Waals surface area contributed by atoms with Gasteiger partial charge in [-0.2, -0.15) is 0 Å². The normalized spacial score (nSPS) is 16.1. The molecule has 1 saturated heterocycles. The third-order valence-corrected chi connectivity index (χ3v) is 5.29. The predicted octanol–water partition coefficient (Wildman–Crippen LogP) is 3.01. The molecule has 2 heterocycles. The maximum Gasteiger partial charge on any atom is 0.239 e. The van der Waals surface area contributed by atoms with Crippen molar-refractivity contribution in [3.05, 3.63) is 58.7 Å². The topological polar surface area (TPSA) is 57.7 Å². The van der Waals surface area contributed by atoms with E-state index < -0.39 is 0 Å².